The molecule has 0 unspecified atom stereocenters. The van der Waals surface area contributed by atoms with Crippen molar-refractivity contribution in [1.29, 1.82) is 0 Å². The summed E-state index contributed by atoms with van der Waals surface area (Å²) >= 11 is 11.7. The Kier molecular flexibility index (Phi) is 5.04. The van der Waals surface area contributed by atoms with Crippen molar-refractivity contribution in [3.05, 3.63) is 67.7 Å². The molecule has 0 amide bonds. The Morgan fingerprint density at radius 2 is 1.86 bits per heavy atom. The second kappa shape index (κ2) is 6.78. The second-order valence-electron chi connectivity index (χ2n) is 4.64. The quantitative estimate of drug-likeness (QED) is 0.630. The summed E-state index contributed by atoms with van der Waals surface area (Å²) in [5.74, 6) is 0. The second-order valence-corrected chi connectivity index (χ2v) is 5.46. The van der Waals surface area contributed by atoms with Crippen LogP contribution in [0.5, 0.6) is 0 Å². The minimum absolute atomic E-state index is 0.0748. The van der Waals surface area contributed by atoms with E-state index in [9.17, 15) is 10.1 Å². The SMILES string of the molecule is Cc1ccccc1CCNc1cc(Cl)c(Cl)cc1[N+](=O)[O-]. The molecule has 4 nitrogen and oxygen atoms in total. The van der Waals surface area contributed by atoms with E-state index in [1.165, 1.54) is 23.3 Å². The first-order valence-corrected chi connectivity index (χ1v) is 7.16. The summed E-state index contributed by atoms with van der Waals surface area (Å²) in [6, 6.07) is 10.8. The van der Waals surface area contributed by atoms with Gasteiger partial charge < -0.3 is 5.32 Å². The molecule has 0 fully saturated rings. The van der Waals surface area contributed by atoms with Crippen molar-refractivity contribution in [3.8, 4) is 0 Å². The fourth-order valence-electron chi connectivity index (χ4n) is 2.05. The lowest BCUT2D eigenvalue weighted by Gasteiger charge is -2.10. The highest BCUT2D eigenvalue weighted by Crippen LogP contribution is 2.33. The smallest absolute Gasteiger partial charge is 0.293 e. The highest BCUT2D eigenvalue weighted by Gasteiger charge is 2.16. The number of halogens is 2. The third-order valence-corrected chi connectivity index (χ3v) is 3.93. The number of hydrogen-bond donors (Lipinski definition) is 1. The van der Waals surface area contributed by atoms with E-state index in [1.807, 2.05) is 31.2 Å². The number of aryl methyl sites for hydroxylation is 1. The molecule has 110 valence electrons. The van der Waals surface area contributed by atoms with Gasteiger partial charge in [0.2, 0.25) is 0 Å². The molecular formula is C15H14Cl2N2O2. The lowest BCUT2D eigenvalue weighted by Crippen LogP contribution is -2.07. The highest BCUT2D eigenvalue weighted by atomic mass is 35.5. The Hall–Kier alpha value is -1.78. The van der Waals surface area contributed by atoms with Gasteiger partial charge in [-0.2, -0.15) is 0 Å². The van der Waals surface area contributed by atoms with Gasteiger partial charge in [-0.15, -0.1) is 0 Å². The monoisotopic (exact) mass is 324 g/mol. The third-order valence-electron chi connectivity index (χ3n) is 3.21. The van der Waals surface area contributed by atoms with E-state index in [4.69, 9.17) is 23.2 Å². The van der Waals surface area contributed by atoms with E-state index < -0.39 is 4.92 Å². The molecule has 0 bridgehead atoms. The van der Waals surface area contributed by atoms with Crippen LogP contribution in [0.2, 0.25) is 10.0 Å². The van der Waals surface area contributed by atoms with Gasteiger partial charge in [-0.25, -0.2) is 0 Å². The predicted octanol–water partition coefficient (Wildman–Crippen LogP) is 4.86. The van der Waals surface area contributed by atoms with Crippen molar-refractivity contribution in [2.75, 3.05) is 11.9 Å². The molecular weight excluding hydrogens is 311 g/mol. The zero-order valence-electron chi connectivity index (χ0n) is 11.4. The average Bonchev–Trinajstić information content (AvgIpc) is 2.44. The molecule has 0 spiro atoms. The first-order chi connectivity index (χ1) is 9.99. The highest BCUT2D eigenvalue weighted by molar-refractivity contribution is 6.42. The third kappa shape index (κ3) is 3.86. The van der Waals surface area contributed by atoms with Crippen LogP contribution in [-0.4, -0.2) is 11.5 Å². The first kappa shape index (κ1) is 15.6. The number of anilines is 1. The normalized spacial score (nSPS) is 10.4. The Bertz CT molecular complexity index is 675. The number of rotatable bonds is 5. The summed E-state index contributed by atoms with van der Waals surface area (Å²) in [6.07, 6.45) is 0.768. The van der Waals surface area contributed by atoms with Crippen LogP contribution in [0, 0.1) is 17.0 Å². The molecule has 2 aromatic carbocycles. The van der Waals surface area contributed by atoms with Crippen molar-refractivity contribution < 1.29 is 4.92 Å². The topological polar surface area (TPSA) is 55.2 Å². The molecule has 1 N–H and O–H groups in total. The number of nitrogens with zero attached hydrogens (tertiary/aromatic N) is 1. The summed E-state index contributed by atoms with van der Waals surface area (Å²) < 4.78 is 0. The van der Waals surface area contributed by atoms with Gasteiger partial charge in [-0.3, -0.25) is 10.1 Å². The van der Waals surface area contributed by atoms with Gasteiger partial charge in [-0.1, -0.05) is 47.5 Å². The molecule has 0 aliphatic carbocycles. The molecule has 0 radical (unpaired) electrons. The molecule has 0 atom stereocenters. The first-order valence-electron chi connectivity index (χ1n) is 6.41. The van der Waals surface area contributed by atoms with Crippen LogP contribution in [0.3, 0.4) is 0 Å². The van der Waals surface area contributed by atoms with E-state index in [-0.39, 0.29) is 10.7 Å². The van der Waals surface area contributed by atoms with Gasteiger partial charge in [0.1, 0.15) is 5.69 Å². The summed E-state index contributed by atoms with van der Waals surface area (Å²) in [5.41, 5.74) is 2.70. The Balaban J connectivity index is 2.11. The number of hydrogen-bond acceptors (Lipinski definition) is 3. The summed E-state index contributed by atoms with van der Waals surface area (Å²) in [5, 5.41) is 14.6. The molecule has 0 aromatic heterocycles. The lowest BCUT2D eigenvalue weighted by atomic mass is 10.1. The van der Waals surface area contributed by atoms with Crippen molar-refractivity contribution in [2.24, 2.45) is 0 Å². The lowest BCUT2D eigenvalue weighted by molar-refractivity contribution is -0.383. The summed E-state index contributed by atoms with van der Waals surface area (Å²) in [6.45, 7) is 2.61. The molecule has 0 aliphatic heterocycles. The van der Waals surface area contributed by atoms with Crippen molar-refractivity contribution in [1.82, 2.24) is 0 Å². The van der Waals surface area contributed by atoms with Crippen LogP contribution in [0.25, 0.3) is 0 Å². The van der Waals surface area contributed by atoms with Gasteiger partial charge in [0.15, 0.2) is 0 Å². The Morgan fingerprint density at radius 3 is 2.52 bits per heavy atom. The minimum atomic E-state index is -0.474. The zero-order chi connectivity index (χ0) is 15.4. The predicted molar refractivity (Wildman–Crippen MR) is 86.5 cm³/mol. The van der Waals surface area contributed by atoms with Gasteiger partial charge in [0.25, 0.3) is 5.69 Å². The fourth-order valence-corrected chi connectivity index (χ4v) is 2.37. The summed E-state index contributed by atoms with van der Waals surface area (Å²) in [4.78, 5) is 10.6. The van der Waals surface area contributed by atoms with E-state index in [1.54, 1.807) is 0 Å². The largest absolute Gasteiger partial charge is 0.379 e. The van der Waals surface area contributed by atoms with Crippen molar-refractivity contribution >= 4 is 34.6 Å². The van der Waals surface area contributed by atoms with Gasteiger partial charge in [-0.05, 0) is 30.5 Å². The fraction of sp³-hybridized carbons (Fsp3) is 0.200. The van der Waals surface area contributed by atoms with Crippen molar-refractivity contribution in [2.45, 2.75) is 13.3 Å². The Labute approximate surface area is 132 Å². The molecule has 21 heavy (non-hydrogen) atoms. The van der Waals surface area contributed by atoms with Gasteiger partial charge >= 0.3 is 0 Å². The van der Waals surface area contributed by atoms with E-state index in [2.05, 4.69) is 5.32 Å². The Morgan fingerprint density at radius 1 is 1.19 bits per heavy atom. The maximum Gasteiger partial charge on any atom is 0.293 e. The maximum absolute atomic E-state index is 11.0. The number of benzene rings is 2. The van der Waals surface area contributed by atoms with Crippen LogP contribution in [0.15, 0.2) is 36.4 Å². The zero-order valence-corrected chi connectivity index (χ0v) is 12.9. The number of nitro benzene ring substituents is 1. The maximum atomic E-state index is 11.0. The van der Waals surface area contributed by atoms with Crippen molar-refractivity contribution in [3.63, 3.8) is 0 Å². The molecule has 2 aromatic rings. The molecule has 0 saturated carbocycles. The van der Waals surface area contributed by atoms with E-state index >= 15 is 0 Å². The molecule has 6 heteroatoms. The van der Waals surface area contributed by atoms with Gasteiger partial charge in [0, 0.05) is 12.6 Å². The average molecular weight is 325 g/mol. The van der Waals surface area contributed by atoms with E-state index in [0.29, 0.717) is 17.3 Å². The van der Waals surface area contributed by atoms with Crippen LogP contribution in [0.4, 0.5) is 11.4 Å². The number of nitro groups is 1. The minimum Gasteiger partial charge on any atom is -0.379 e. The molecule has 0 heterocycles. The van der Waals surface area contributed by atoms with Gasteiger partial charge in [0.05, 0.1) is 15.0 Å². The van der Waals surface area contributed by atoms with E-state index in [0.717, 1.165) is 6.42 Å². The molecule has 0 saturated heterocycles. The number of nitrogens with one attached hydrogen (secondary N) is 1. The molecule has 0 aliphatic rings. The van der Waals surface area contributed by atoms with Crippen LogP contribution in [0.1, 0.15) is 11.1 Å². The standard InChI is InChI=1S/C15H14Cl2N2O2/c1-10-4-2-3-5-11(10)6-7-18-14-8-12(16)13(17)9-15(14)19(20)21/h2-5,8-9,18H,6-7H2,1H3. The van der Waals surface area contributed by atoms with Crippen LogP contribution >= 0.6 is 23.2 Å². The van der Waals surface area contributed by atoms with Crippen LogP contribution < -0.4 is 5.32 Å². The van der Waals surface area contributed by atoms with Crippen LogP contribution in [-0.2, 0) is 6.42 Å². The summed E-state index contributed by atoms with van der Waals surface area (Å²) in [7, 11) is 0. The molecule has 2 rings (SSSR count).